The van der Waals surface area contributed by atoms with E-state index in [9.17, 15) is 5.26 Å². The lowest BCUT2D eigenvalue weighted by Crippen LogP contribution is -2.13. The number of fused-ring (bicyclic) bond motifs is 4. The number of thiazole rings is 1. The van der Waals surface area contributed by atoms with Crippen LogP contribution in [0.15, 0.2) is 42.7 Å². The van der Waals surface area contributed by atoms with Gasteiger partial charge < -0.3 is 20.5 Å². The van der Waals surface area contributed by atoms with Crippen molar-refractivity contribution in [2.24, 2.45) is 5.73 Å². The molecule has 0 radical (unpaired) electrons. The van der Waals surface area contributed by atoms with Crippen LogP contribution in [0.2, 0.25) is 0 Å². The number of nitrogens with two attached hydrogens (primary N) is 1. The number of rotatable bonds is 8. The van der Waals surface area contributed by atoms with Crippen LogP contribution in [-0.4, -0.2) is 52.2 Å². The van der Waals surface area contributed by atoms with Crippen molar-refractivity contribution in [2.45, 2.75) is 0 Å². The molecule has 0 spiro atoms. The number of nitrogens with one attached hydrogen (secondary N) is 1. The summed E-state index contributed by atoms with van der Waals surface area (Å²) in [5.74, 6) is 1.59. The van der Waals surface area contributed by atoms with Crippen LogP contribution in [-0.2, 0) is 4.74 Å². The zero-order valence-electron chi connectivity index (χ0n) is 17.4. The van der Waals surface area contributed by atoms with Crippen molar-refractivity contribution in [3.8, 4) is 23.2 Å². The Bertz CT molecular complexity index is 1460. The van der Waals surface area contributed by atoms with Crippen LogP contribution in [0.25, 0.3) is 32.2 Å². The fourth-order valence-corrected chi connectivity index (χ4v) is 4.61. The van der Waals surface area contributed by atoms with Crippen LogP contribution in [0, 0.1) is 11.3 Å². The topological polar surface area (TPSA) is 115 Å². The molecule has 9 nitrogen and oxygen atoms in total. The van der Waals surface area contributed by atoms with E-state index in [1.807, 2.05) is 42.0 Å². The molecule has 0 atom stereocenters. The van der Waals surface area contributed by atoms with Crippen LogP contribution < -0.4 is 15.8 Å². The molecule has 0 unspecified atom stereocenters. The lowest BCUT2D eigenvalue weighted by atomic mass is 10.3. The van der Waals surface area contributed by atoms with Crippen molar-refractivity contribution in [2.75, 3.05) is 38.7 Å². The number of hydrogen-bond donors (Lipinski definition) is 2. The monoisotopic (exact) mass is 447 g/mol. The lowest BCUT2D eigenvalue weighted by Gasteiger charge is -2.06. The minimum Gasteiger partial charge on any atom is -0.491 e. The molecule has 0 bridgehead atoms. The number of ether oxygens (including phenoxy) is 2. The van der Waals surface area contributed by atoms with Crippen LogP contribution in [0.4, 0.5) is 5.82 Å². The third-order valence-electron chi connectivity index (χ3n) is 5.06. The maximum Gasteiger partial charge on any atom is 0.195 e. The minimum absolute atomic E-state index is 0.464. The largest absolute Gasteiger partial charge is 0.491 e. The number of benzene rings is 1. The summed E-state index contributed by atoms with van der Waals surface area (Å²) in [6, 6.07) is 11.7. The summed E-state index contributed by atoms with van der Waals surface area (Å²) in [5.41, 5.74) is 9.19. The second-order valence-corrected chi connectivity index (χ2v) is 8.08. The van der Waals surface area contributed by atoms with Gasteiger partial charge in [-0.2, -0.15) is 5.26 Å². The van der Waals surface area contributed by atoms with Crippen LogP contribution >= 0.6 is 11.3 Å². The van der Waals surface area contributed by atoms with Gasteiger partial charge in [-0.05, 0) is 24.3 Å². The summed E-state index contributed by atoms with van der Waals surface area (Å²) in [6.45, 7) is 1.99. The molecule has 0 aliphatic heterocycles. The van der Waals surface area contributed by atoms with Crippen molar-refractivity contribution < 1.29 is 9.47 Å². The van der Waals surface area contributed by atoms with E-state index in [4.69, 9.17) is 25.2 Å². The molecule has 0 saturated heterocycles. The zero-order valence-corrected chi connectivity index (χ0v) is 18.2. The third-order valence-corrected chi connectivity index (χ3v) is 6.09. The highest BCUT2D eigenvalue weighted by Gasteiger charge is 2.18. The summed E-state index contributed by atoms with van der Waals surface area (Å²) >= 11 is 1.61. The fourth-order valence-electron chi connectivity index (χ4n) is 3.62. The standard InChI is InChI=1S/C22H21N7O2S/c1-25-21-20(27-19-10-14(12-24)4-6-28(19)21)16-13-29-17-11-15(31-9-8-30-7-5-23)2-3-18(17)32-22(29)26-16/h2-4,6,10-11,13,25H,5,7-9,23H2,1H3. The Hall–Kier alpha value is -3.65. The number of hydrogen-bond acceptors (Lipinski definition) is 8. The first-order valence-corrected chi connectivity index (χ1v) is 11.0. The fraction of sp³-hybridized carbons (Fsp3) is 0.227. The number of imidazole rings is 2. The molecule has 1 aromatic carbocycles. The van der Waals surface area contributed by atoms with Gasteiger partial charge in [0.2, 0.25) is 0 Å². The second-order valence-electron chi connectivity index (χ2n) is 7.07. The Kier molecular flexibility index (Phi) is 5.36. The lowest BCUT2D eigenvalue weighted by molar-refractivity contribution is 0.106. The van der Waals surface area contributed by atoms with Gasteiger partial charge in [-0.1, -0.05) is 11.3 Å². The van der Waals surface area contributed by atoms with Gasteiger partial charge in [0.05, 0.1) is 35.1 Å². The molecule has 4 aromatic heterocycles. The maximum atomic E-state index is 9.19. The average molecular weight is 448 g/mol. The van der Waals surface area contributed by atoms with Gasteiger partial charge in [-0.3, -0.25) is 8.80 Å². The van der Waals surface area contributed by atoms with Gasteiger partial charge in [0.15, 0.2) is 4.96 Å². The Morgan fingerprint density at radius 1 is 1.16 bits per heavy atom. The van der Waals surface area contributed by atoms with E-state index in [0.29, 0.717) is 37.6 Å². The van der Waals surface area contributed by atoms with Gasteiger partial charge >= 0.3 is 0 Å². The van der Waals surface area contributed by atoms with E-state index in [1.54, 1.807) is 23.5 Å². The predicted octanol–water partition coefficient (Wildman–Crippen LogP) is 3.13. The van der Waals surface area contributed by atoms with Crippen molar-refractivity contribution in [1.82, 2.24) is 18.8 Å². The minimum atomic E-state index is 0.464. The van der Waals surface area contributed by atoms with Gasteiger partial charge in [0.25, 0.3) is 0 Å². The number of nitrogens with zero attached hydrogens (tertiary/aromatic N) is 5. The molecule has 0 saturated carbocycles. The smallest absolute Gasteiger partial charge is 0.195 e. The third kappa shape index (κ3) is 3.52. The Labute approximate surface area is 187 Å². The Morgan fingerprint density at radius 3 is 2.88 bits per heavy atom. The molecule has 4 heterocycles. The van der Waals surface area contributed by atoms with Crippen LogP contribution in [0.1, 0.15) is 5.56 Å². The average Bonchev–Trinajstić information content (AvgIpc) is 3.48. The van der Waals surface area contributed by atoms with Gasteiger partial charge in [-0.15, -0.1) is 0 Å². The molecule has 3 N–H and O–H groups in total. The maximum absolute atomic E-state index is 9.19. The molecule has 5 aromatic rings. The van der Waals surface area contributed by atoms with E-state index < -0.39 is 0 Å². The number of aromatic nitrogens is 4. The second kappa shape index (κ2) is 8.47. The number of anilines is 1. The van der Waals surface area contributed by atoms with E-state index >= 15 is 0 Å². The number of nitriles is 1. The van der Waals surface area contributed by atoms with E-state index in [0.717, 1.165) is 38.1 Å². The van der Waals surface area contributed by atoms with Crippen molar-refractivity contribution in [1.29, 1.82) is 5.26 Å². The molecule has 0 fully saturated rings. The van der Waals surface area contributed by atoms with Crippen LogP contribution in [0.5, 0.6) is 5.75 Å². The molecular weight excluding hydrogens is 426 g/mol. The SMILES string of the molecule is CNc1c(-c2cn3c(n2)sc2ccc(OCCOCCN)cc23)nc2cc(C#N)ccn12. The summed E-state index contributed by atoms with van der Waals surface area (Å²) in [6.07, 6.45) is 3.82. The van der Waals surface area contributed by atoms with Crippen molar-refractivity contribution in [3.05, 3.63) is 48.3 Å². The first-order valence-electron chi connectivity index (χ1n) is 10.1. The molecule has 10 heteroatoms. The highest BCUT2D eigenvalue weighted by Crippen LogP contribution is 2.34. The highest BCUT2D eigenvalue weighted by atomic mass is 32.1. The van der Waals surface area contributed by atoms with E-state index in [-0.39, 0.29) is 0 Å². The van der Waals surface area contributed by atoms with Gasteiger partial charge in [0, 0.05) is 32.1 Å². The normalized spacial score (nSPS) is 11.4. The summed E-state index contributed by atoms with van der Waals surface area (Å²) < 4.78 is 16.3. The predicted molar refractivity (Wildman–Crippen MR) is 124 cm³/mol. The Morgan fingerprint density at radius 2 is 2.06 bits per heavy atom. The van der Waals surface area contributed by atoms with Gasteiger partial charge in [0.1, 0.15) is 35.2 Å². The van der Waals surface area contributed by atoms with Crippen molar-refractivity contribution in [3.63, 3.8) is 0 Å². The molecule has 0 aliphatic rings. The van der Waals surface area contributed by atoms with Crippen LogP contribution in [0.3, 0.4) is 0 Å². The Balaban J connectivity index is 1.50. The molecule has 162 valence electrons. The van der Waals surface area contributed by atoms with Crippen molar-refractivity contribution >= 4 is 38.0 Å². The van der Waals surface area contributed by atoms with E-state index in [1.165, 1.54) is 0 Å². The van der Waals surface area contributed by atoms with E-state index in [2.05, 4.69) is 15.8 Å². The van der Waals surface area contributed by atoms with Gasteiger partial charge in [-0.25, -0.2) is 9.97 Å². The molecule has 5 rings (SSSR count). The number of pyridine rings is 1. The zero-order chi connectivity index (χ0) is 22.1. The first-order chi connectivity index (χ1) is 15.7. The highest BCUT2D eigenvalue weighted by molar-refractivity contribution is 7.23. The quantitative estimate of drug-likeness (QED) is 0.351. The molecule has 0 amide bonds. The molecule has 0 aliphatic carbocycles. The molecule has 32 heavy (non-hydrogen) atoms. The summed E-state index contributed by atoms with van der Waals surface area (Å²) in [7, 11) is 1.85. The summed E-state index contributed by atoms with van der Waals surface area (Å²) in [5, 5.41) is 12.4. The molecular formula is C22H21N7O2S. The summed E-state index contributed by atoms with van der Waals surface area (Å²) in [4.78, 5) is 10.4. The first kappa shape index (κ1) is 20.3.